The molecule has 0 radical (unpaired) electrons. The minimum absolute atomic E-state index is 0.0135. The van der Waals surface area contributed by atoms with Gasteiger partial charge in [0, 0.05) is 18.7 Å². The summed E-state index contributed by atoms with van der Waals surface area (Å²) < 4.78 is 5.41. The van der Waals surface area contributed by atoms with E-state index in [4.69, 9.17) is 4.74 Å². The van der Waals surface area contributed by atoms with Gasteiger partial charge in [-0.05, 0) is 19.4 Å². The molecule has 1 heterocycles. The van der Waals surface area contributed by atoms with E-state index in [1.165, 1.54) is 0 Å². The molecule has 0 spiro atoms. The Morgan fingerprint density at radius 1 is 1.29 bits per heavy atom. The van der Waals surface area contributed by atoms with E-state index < -0.39 is 0 Å². The number of methoxy groups -OCH3 is 1. The van der Waals surface area contributed by atoms with Crippen molar-refractivity contribution in [2.24, 2.45) is 0 Å². The second-order valence-corrected chi connectivity index (χ2v) is 4.38. The first-order chi connectivity index (χ1) is 8.13. The summed E-state index contributed by atoms with van der Waals surface area (Å²) in [7, 11) is 1.64. The van der Waals surface area contributed by atoms with Crippen LogP contribution in [0.4, 0.5) is 0 Å². The van der Waals surface area contributed by atoms with Crippen molar-refractivity contribution in [1.29, 1.82) is 0 Å². The fraction of sp³-hybridized carbons (Fsp3) is 0.462. The standard InChI is InChI=1S/C13H18N2O2/c1-8-6-9(2)12(17-3)10(7-8)11-13(16)15-5-4-14-11/h6-7,11,14H,4-5H2,1-3H3,(H,15,16). The van der Waals surface area contributed by atoms with Crippen LogP contribution in [0.25, 0.3) is 0 Å². The molecule has 1 unspecified atom stereocenters. The van der Waals surface area contributed by atoms with Crippen LogP contribution in [0.3, 0.4) is 0 Å². The summed E-state index contributed by atoms with van der Waals surface area (Å²) in [6.45, 7) is 5.49. The molecule has 1 aromatic rings. The van der Waals surface area contributed by atoms with Gasteiger partial charge in [0.15, 0.2) is 0 Å². The summed E-state index contributed by atoms with van der Waals surface area (Å²) in [6.07, 6.45) is 0. The Hall–Kier alpha value is -1.55. The highest BCUT2D eigenvalue weighted by molar-refractivity contribution is 5.85. The summed E-state index contributed by atoms with van der Waals surface area (Å²) in [5.74, 6) is 0.810. The first kappa shape index (κ1) is 11.9. The first-order valence-corrected chi connectivity index (χ1v) is 5.79. The molecule has 1 aliphatic heterocycles. The molecular weight excluding hydrogens is 216 g/mol. The fourth-order valence-electron chi connectivity index (χ4n) is 2.33. The zero-order valence-electron chi connectivity index (χ0n) is 10.5. The Morgan fingerprint density at radius 3 is 2.71 bits per heavy atom. The van der Waals surface area contributed by atoms with Crippen molar-refractivity contribution < 1.29 is 9.53 Å². The lowest BCUT2D eigenvalue weighted by Crippen LogP contribution is -2.47. The Balaban J connectivity index is 2.45. The quantitative estimate of drug-likeness (QED) is 0.805. The maximum absolute atomic E-state index is 11.9. The van der Waals surface area contributed by atoms with Crippen LogP contribution in [0.1, 0.15) is 22.7 Å². The summed E-state index contributed by atoms with van der Waals surface area (Å²) in [5, 5.41) is 6.09. The lowest BCUT2D eigenvalue weighted by atomic mass is 9.98. The maximum atomic E-state index is 11.9. The first-order valence-electron chi connectivity index (χ1n) is 5.79. The van der Waals surface area contributed by atoms with Crippen molar-refractivity contribution in [3.63, 3.8) is 0 Å². The second kappa shape index (κ2) is 4.75. The minimum atomic E-state index is -0.308. The highest BCUT2D eigenvalue weighted by Gasteiger charge is 2.26. The molecule has 1 atom stereocenters. The number of hydrogen-bond donors (Lipinski definition) is 2. The molecule has 92 valence electrons. The van der Waals surface area contributed by atoms with Gasteiger partial charge in [-0.2, -0.15) is 0 Å². The number of aryl methyl sites for hydroxylation is 2. The lowest BCUT2D eigenvalue weighted by molar-refractivity contribution is -0.124. The third kappa shape index (κ3) is 2.26. The molecule has 0 bridgehead atoms. The predicted molar refractivity (Wildman–Crippen MR) is 66.2 cm³/mol. The molecule has 4 heteroatoms. The van der Waals surface area contributed by atoms with E-state index in [2.05, 4.69) is 16.7 Å². The van der Waals surface area contributed by atoms with Gasteiger partial charge in [0.2, 0.25) is 5.91 Å². The van der Waals surface area contributed by atoms with Crippen LogP contribution in [0.5, 0.6) is 5.75 Å². The molecule has 1 aromatic carbocycles. The Kier molecular flexibility index (Phi) is 3.33. The van der Waals surface area contributed by atoms with Crippen molar-refractivity contribution in [2.45, 2.75) is 19.9 Å². The zero-order chi connectivity index (χ0) is 12.4. The van der Waals surface area contributed by atoms with E-state index in [9.17, 15) is 4.79 Å². The van der Waals surface area contributed by atoms with Crippen molar-refractivity contribution >= 4 is 5.91 Å². The largest absolute Gasteiger partial charge is 0.496 e. The van der Waals surface area contributed by atoms with Gasteiger partial charge < -0.3 is 15.4 Å². The van der Waals surface area contributed by atoms with E-state index in [0.717, 1.165) is 29.0 Å². The van der Waals surface area contributed by atoms with E-state index in [1.807, 2.05) is 19.9 Å². The highest BCUT2D eigenvalue weighted by atomic mass is 16.5. The average Bonchev–Trinajstić information content (AvgIpc) is 2.28. The molecule has 1 aliphatic rings. The van der Waals surface area contributed by atoms with Gasteiger partial charge in [0.1, 0.15) is 11.8 Å². The third-order valence-corrected chi connectivity index (χ3v) is 3.00. The van der Waals surface area contributed by atoms with Crippen LogP contribution >= 0.6 is 0 Å². The molecule has 1 saturated heterocycles. The third-order valence-electron chi connectivity index (χ3n) is 3.00. The van der Waals surface area contributed by atoms with Gasteiger partial charge in [-0.1, -0.05) is 17.7 Å². The maximum Gasteiger partial charge on any atom is 0.241 e. The minimum Gasteiger partial charge on any atom is -0.496 e. The molecule has 17 heavy (non-hydrogen) atoms. The number of hydrogen-bond acceptors (Lipinski definition) is 3. The lowest BCUT2D eigenvalue weighted by Gasteiger charge is -2.26. The van der Waals surface area contributed by atoms with Crippen LogP contribution < -0.4 is 15.4 Å². The molecule has 0 saturated carbocycles. The molecule has 2 N–H and O–H groups in total. The van der Waals surface area contributed by atoms with Crippen LogP contribution in [0.15, 0.2) is 12.1 Å². The average molecular weight is 234 g/mol. The Morgan fingerprint density at radius 2 is 2.06 bits per heavy atom. The molecule has 1 fully saturated rings. The van der Waals surface area contributed by atoms with E-state index >= 15 is 0 Å². The summed E-state index contributed by atoms with van der Waals surface area (Å²) >= 11 is 0. The molecule has 2 rings (SSSR count). The number of ether oxygens (including phenoxy) is 1. The van der Waals surface area contributed by atoms with Crippen LogP contribution in [0.2, 0.25) is 0 Å². The van der Waals surface area contributed by atoms with Gasteiger partial charge in [0.05, 0.1) is 7.11 Å². The number of carbonyl (C=O) groups excluding carboxylic acids is 1. The number of benzene rings is 1. The van der Waals surface area contributed by atoms with Crippen molar-refractivity contribution in [2.75, 3.05) is 20.2 Å². The van der Waals surface area contributed by atoms with Gasteiger partial charge in [-0.15, -0.1) is 0 Å². The fourth-order valence-corrected chi connectivity index (χ4v) is 2.33. The van der Waals surface area contributed by atoms with Gasteiger partial charge in [-0.3, -0.25) is 4.79 Å². The summed E-state index contributed by atoms with van der Waals surface area (Å²) in [4.78, 5) is 11.9. The van der Waals surface area contributed by atoms with Crippen molar-refractivity contribution in [3.8, 4) is 5.75 Å². The Bertz CT molecular complexity index is 443. The molecular formula is C13H18N2O2. The van der Waals surface area contributed by atoms with E-state index in [-0.39, 0.29) is 11.9 Å². The van der Waals surface area contributed by atoms with Crippen LogP contribution in [0, 0.1) is 13.8 Å². The van der Waals surface area contributed by atoms with Crippen LogP contribution in [-0.2, 0) is 4.79 Å². The summed E-state index contributed by atoms with van der Waals surface area (Å²) in [5.41, 5.74) is 3.11. The topological polar surface area (TPSA) is 50.4 Å². The molecule has 0 aromatic heterocycles. The van der Waals surface area contributed by atoms with Crippen molar-refractivity contribution in [3.05, 3.63) is 28.8 Å². The zero-order valence-corrected chi connectivity index (χ0v) is 10.5. The van der Waals surface area contributed by atoms with Gasteiger partial charge in [0.25, 0.3) is 0 Å². The van der Waals surface area contributed by atoms with E-state index in [0.29, 0.717) is 6.54 Å². The van der Waals surface area contributed by atoms with E-state index in [1.54, 1.807) is 7.11 Å². The molecule has 4 nitrogen and oxygen atoms in total. The summed E-state index contributed by atoms with van der Waals surface area (Å²) in [6, 6.07) is 3.76. The second-order valence-electron chi connectivity index (χ2n) is 4.38. The smallest absolute Gasteiger partial charge is 0.241 e. The van der Waals surface area contributed by atoms with Gasteiger partial charge >= 0.3 is 0 Å². The number of amides is 1. The molecule has 0 aliphatic carbocycles. The predicted octanol–water partition coefficient (Wildman–Crippen LogP) is 1.07. The number of piperazine rings is 1. The highest BCUT2D eigenvalue weighted by Crippen LogP contribution is 2.30. The number of carbonyl (C=O) groups is 1. The normalized spacial score (nSPS) is 19.9. The molecule has 1 amide bonds. The van der Waals surface area contributed by atoms with Gasteiger partial charge in [-0.25, -0.2) is 0 Å². The van der Waals surface area contributed by atoms with Crippen molar-refractivity contribution in [1.82, 2.24) is 10.6 Å². The monoisotopic (exact) mass is 234 g/mol. The number of nitrogens with one attached hydrogen (secondary N) is 2. The Labute approximate surface area is 101 Å². The van der Waals surface area contributed by atoms with Crippen LogP contribution in [-0.4, -0.2) is 26.1 Å². The number of rotatable bonds is 2. The SMILES string of the molecule is COc1c(C)cc(C)cc1C1NCCNC1=O.